The molecule has 6 nitrogen and oxygen atoms in total. The number of ether oxygens (including phenoxy) is 1. The minimum absolute atomic E-state index is 0.111. The van der Waals surface area contributed by atoms with Crippen molar-refractivity contribution >= 4 is 28.9 Å². The molecule has 0 aromatic carbocycles. The second kappa shape index (κ2) is 8.43. The van der Waals surface area contributed by atoms with Crippen LogP contribution in [-0.4, -0.2) is 52.0 Å². The Kier molecular flexibility index (Phi) is 6.77. The normalized spacial score (nSPS) is 27.3. The molecule has 2 aliphatic rings. The van der Waals surface area contributed by atoms with E-state index in [4.69, 9.17) is 4.74 Å². The van der Waals surface area contributed by atoms with Crippen molar-refractivity contribution in [2.75, 3.05) is 12.3 Å². The zero-order valence-electron chi connectivity index (χ0n) is 15.7. The van der Waals surface area contributed by atoms with E-state index in [9.17, 15) is 14.4 Å². The van der Waals surface area contributed by atoms with Gasteiger partial charge in [0.25, 0.3) is 0 Å². The van der Waals surface area contributed by atoms with E-state index in [0.717, 1.165) is 38.0 Å². The van der Waals surface area contributed by atoms with E-state index in [0.29, 0.717) is 6.42 Å². The Morgan fingerprint density at radius 1 is 1.24 bits per heavy atom. The van der Waals surface area contributed by atoms with Gasteiger partial charge in [-0.1, -0.05) is 11.8 Å². The summed E-state index contributed by atoms with van der Waals surface area (Å²) in [5.74, 6) is 1.21. The number of nitrogens with zero attached hydrogens (tertiary/aromatic N) is 1. The van der Waals surface area contributed by atoms with Crippen LogP contribution in [0.5, 0.6) is 0 Å². The number of hydrogen-bond donors (Lipinski definition) is 1. The van der Waals surface area contributed by atoms with Crippen LogP contribution < -0.4 is 5.32 Å². The highest BCUT2D eigenvalue weighted by atomic mass is 32.2. The molecule has 142 valence electrons. The molecule has 1 heterocycles. The molecule has 1 atom stereocenters. The highest BCUT2D eigenvalue weighted by molar-refractivity contribution is 8.13. The van der Waals surface area contributed by atoms with E-state index in [1.165, 1.54) is 11.8 Å². The van der Waals surface area contributed by atoms with Crippen LogP contribution >= 0.6 is 11.8 Å². The fourth-order valence-electron chi connectivity index (χ4n) is 3.51. The Morgan fingerprint density at radius 2 is 1.88 bits per heavy atom. The van der Waals surface area contributed by atoms with Crippen LogP contribution in [0.4, 0.5) is 4.79 Å². The fraction of sp³-hybridized carbons (Fsp3) is 0.833. The smallest absolute Gasteiger partial charge is 0.407 e. The van der Waals surface area contributed by atoms with Gasteiger partial charge >= 0.3 is 6.09 Å². The van der Waals surface area contributed by atoms with Crippen LogP contribution in [0, 0.1) is 5.92 Å². The van der Waals surface area contributed by atoms with Gasteiger partial charge in [-0.2, -0.15) is 0 Å². The number of hydrogen-bond acceptors (Lipinski definition) is 5. The number of carbonyl (C=O) groups is 3. The van der Waals surface area contributed by atoms with E-state index in [-0.39, 0.29) is 35.1 Å². The first kappa shape index (κ1) is 20.1. The summed E-state index contributed by atoms with van der Waals surface area (Å²) in [4.78, 5) is 37.2. The Labute approximate surface area is 154 Å². The maximum Gasteiger partial charge on any atom is 0.407 e. The predicted molar refractivity (Wildman–Crippen MR) is 98.4 cm³/mol. The molecule has 2 rings (SSSR count). The van der Waals surface area contributed by atoms with Crippen LogP contribution in [0.2, 0.25) is 0 Å². The first-order valence-corrected chi connectivity index (χ1v) is 10.0. The van der Waals surface area contributed by atoms with Gasteiger partial charge in [-0.25, -0.2) is 4.79 Å². The minimum Gasteiger partial charge on any atom is -0.444 e. The van der Waals surface area contributed by atoms with Gasteiger partial charge in [-0.3, -0.25) is 9.59 Å². The number of carbonyl (C=O) groups excluding carboxylic acids is 3. The summed E-state index contributed by atoms with van der Waals surface area (Å²) in [6.07, 6.45) is 3.71. The number of nitrogens with one attached hydrogen (secondary N) is 1. The van der Waals surface area contributed by atoms with E-state index in [1.54, 1.807) is 6.92 Å². The molecule has 1 aliphatic carbocycles. The molecule has 1 saturated carbocycles. The van der Waals surface area contributed by atoms with Crippen LogP contribution in [0.15, 0.2) is 0 Å². The third-order valence-corrected chi connectivity index (χ3v) is 5.66. The monoisotopic (exact) mass is 370 g/mol. The first-order chi connectivity index (χ1) is 11.6. The lowest BCUT2D eigenvalue weighted by Gasteiger charge is -2.35. The molecule has 1 saturated heterocycles. The Hall–Kier alpha value is -1.24. The largest absolute Gasteiger partial charge is 0.444 e. The van der Waals surface area contributed by atoms with Crippen molar-refractivity contribution in [1.82, 2.24) is 10.2 Å². The van der Waals surface area contributed by atoms with Crippen molar-refractivity contribution in [2.24, 2.45) is 5.92 Å². The third-order valence-electron chi connectivity index (χ3n) is 4.62. The lowest BCUT2D eigenvalue weighted by Crippen LogP contribution is -2.45. The van der Waals surface area contributed by atoms with Gasteiger partial charge in [0.05, 0.1) is 0 Å². The zero-order valence-corrected chi connectivity index (χ0v) is 16.5. The Balaban J connectivity index is 1.75. The van der Waals surface area contributed by atoms with E-state index >= 15 is 0 Å². The molecule has 0 bridgehead atoms. The first-order valence-electron chi connectivity index (χ1n) is 9.06. The van der Waals surface area contributed by atoms with Crippen molar-refractivity contribution < 1.29 is 19.1 Å². The summed E-state index contributed by atoms with van der Waals surface area (Å²) in [6.45, 7) is 7.88. The average molecular weight is 371 g/mol. The van der Waals surface area contributed by atoms with Crippen molar-refractivity contribution in [1.29, 1.82) is 0 Å². The molecule has 1 aliphatic heterocycles. The van der Waals surface area contributed by atoms with Gasteiger partial charge < -0.3 is 15.0 Å². The molecule has 0 radical (unpaired) electrons. The van der Waals surface area contributed by atoms with E-state index in [1.807, 2.05) is 25.7 Å². The maximum atomic E-state index is 12.3. The van der Waals surface area contributed by atoms with Crippen molar-refractivity contribution in [3.8, 4) is 0 Å². The summed E-state index contributed by atoms with van der Waals surface area (Å²) in [7, 11) is 0. The molecular formula is C18H30N2O4S. The standard InChI is InChI=1S/C18H30N2O4S/c1-12(21)25-11-13-9-16(22)20(10-13)15-7-5-14(6-8-15)19-17(23)24-18(2,3)4/h13-15H,5-11H2,1-4H3,(H,19,23). The SMILES string of the molecule is CC(=O)SCC1CC(=O)N(C2CCC(NC(=O)OC(C)(C)C)CC2)C1. The average Bonchev–Trinajstić information content (AvgIpc) is 2.85. The van der Waals surface area contributed by atoms with Crippen LogP contribution in [-0.2, 0) is 14.3 Å². The maximum absolute atomic E-state index is 12.3. The highest BCUT2D eigenvalue weighted by Crippen LogP contribution is 2.30. The summed E-state index contributed by atoms with van der Waals surface area (Å²) in [5.41, 5.74) is -0.490. The van der Waals surface area contributed by atoms with Crippen LogP contribution in [0.3, 0.4) is 0 Å². The van der Waals surface area contributed by atoms with Gasteiger partial charge in [0.2, 0.25) is 5.91 Å². The number of thioether (sulfide) groups is 1. The molecule has 25 heavy (non-hydrogen) atoms. The molecule has 2 fully saturated rings. The zero-order chi connectivity index (χ0) is 18.6. The minimum atomic E-state index is -0.490. The number of rotatable bonds is 4. The number of likely N-dealkylation sites (tertiary alicyclic amines) is 1. The Morgan fingerprint density at radius 3 is 2.44 bits per heavy atom. The molecule has 7 heteroatoms. The second-order valence-electron chi connectivity index (χ2n) is 8.07. The highest BCUT2D eigenvalue weighted by Gasteiger charge is 2.36. The number of amides is 2. The summed E-state index contributed by atoms with van der Waals surface area (Å²) in [6, 6.07) is 0.379. The second-order valence-corrected chi connectivity index (χ2v) is 9.27. The lowest BCUT2D eigenvalue weighted by atomic mass is 9.90. The fourth-order valence-corrected chi connectivity index (χ4v) is 4.21. The topological polar surface area (TPSA) is 75.7 Å². The molecule has 0 spiro atoms. The molecule has 0 aromatic heterocycles. The lowest BCUT2D eigenvalue weighted by molar-refractivity contribution is -0.130. The van der Waals surface area contributed by atoms with Crippen LogP contribution in [0.1, 0.15) is 59.8 Å². The molecule has 1 N–H and O–H groups in total. The van der Waals surface area contributed by atoms with Crippen molar-refractivity contribution in [3.63, 3.8) is 0 Å². The third kappa shape index (κ3) is 6.53. The predicted octanol–water partition coefficient (Wildman–Crippen LogP) is 2.95. The Bertz CT molecular complexity index is 510. The summed E-state index contributed by atoms with van der Waals surface area (Å²) in [5, 5.41) is 3.04. The van der Waals surface area contributed by atoms with Crippen molar-refractivity contribution in [2.45, 2.75) is 77.5 Å². The van der Waals surface area contributed by atoms with Crippen LogP contribution in [0.25, 0.3) is 0 Å². The van der Waals surface area contributed by atoms with E-state index < -0.39 is 5.60 Å². The van der Waals surface area contributed by atoms with Gasteiger partial charge in [0, 0.05) is 37.7 Å². The molecule has 1 unspecified atom stereocenters. The quantitative estimate of drug-likeness (QED) is 0.823. The van der Waals surface area contributed by atoms with Gasteiger partial charge in [0.1, 0.15) is 5.60 Å². The molecule has 0 aromatic rings. The number of alkyl carbamates (subject to hydrolysis) is 1. The van der Waals surface area contributed by atoms with Gasteiger partial charge in [0.15, 0.2) is 5.12 Å². The molecular weight excluding hydrogens is 340 g/mol. The summed E-state index contributed by atoms with van der Waals surface area (Å²) >= 11 is 1.31. The van der Waals surface area contributed by atoms with Gasteiger partial charge in [-0.05, 0) is 52.4 Å². The summed E-state index contributed by atoms with van der Waals surface area (Å²) < 4.78 is 5.30. The van der Waals surface area contributed by atoms with Crippen molar-refractivity contribution in [3.05, 3.63) is 0 Å². The van der Waals surface area contributed by atoms with Gasteiger partial charge in [-0.15, -0.1) is 0 Å². The molecule has 2 amide bonds. The van der Waals surface area contributed by atoms with E-state index in [2.05, 4.69) is 5.32 Å².